The molecule has 1 aromatic rings. The van der Waals surface area contributed by atoms with Crippen LogP contribution in [0, 0.1) is 6.92 Å². The van der Waals surface area contributed by atoms with E-state index in [1.807, 2.05) is 19.1 Å². The summed E-state index contributed by atoms with van der Waals surface area (Å²) in [6, 6.07) is 6.07. The van der Waals surface area contributed by atoms with Crippen LogP contribution >= 0.6 is 11.6 Å². The molecule has 0 bridgehead atoms. The molecule has 0 aromatic heterocycles. The van der Waals surface area contributed by atoms with Gasteiger partial charge < -0.3 is 5.73 Å². The molecule has 0 aliphatic rings. The van der Waals surface area contributed by atoms with Gasteiger partial charge in [-0.1, -0.05) is 24.6 Å². The lowest BCUT2D eigenvalue weighted by Crippen LogP contribution is -2.08. The molecule has 1 atom stereocenters. The number of hydrogen-bond donors (Lipinski definition) is 1. The van der Waals surface area contributed by atoms with E-state index in [2.05, 4.69) is 13.0 Å². The summed E-state index contributed by atoms with van der Waals surface area (Å²) >= 11 is 5.90. The van der Waals surface area contributed by atoms with Crippen LogP contribution in [0.25, 0.3) is 0 Å². The zero-order chi connectivity index (χ0) is 9.14. The van der Waals surface area contributed by atoms with Crippen molar-refractivity contribution >= 4 is 11.6 Å². The minimum atomic E-state index is 0.113. The number of halogens is 1. The van der Waals surface area contributed by atoms with Gasteiger partial charge in [0.1, 0.15) is 0 Å². The number of hydrogen-bond acceptors (Lipinski definition) is 1. The Kier molecular flexibility index (Phi) is 3.12. The normalized spacial score (nSPS) is 13.0. The quantitative estimate of drug-likeness (QED) is 0.750. The van der Waals surface area contributed by atoms with Crippen molar-refractivity contribution in [3.8, 4) is 0 Å². The maximum Gasteiger partial charge on any atom is 0.0411 e. The van der Waals surface area contributed by atoms with E-state index in [1.165, 1.54) is 5.56 Å². The lowest BCUT2D eigenvalue weighted by molar-refractivity contribution is 0.698. The lowest BCUT2D eigenvalue weighted by atomic mass is 10.0. The molecule has 0 saturated heterocycles. The molecule has 0 aliphatic carbocycles. The Morgan fingerprint density at radius 1 is 1.42 bits per heavy atom. The first-order valence-electron chi connectivity index (χ1n) is 4.16. The van der Waals surface area contributed by atoms with Crippen LogP contribution in [-0.2, 0) is 0 Å². The molecule has 0 heterocycles. The zero-order valence-corrected chi connectivity index (χ0v) is 8.23. The van der Waals surface area contributed by atoms with Gasteiger partial charge in [-0.3, -0.25) is 0 Å². The Morgan fingerprint density at radius 3 is 2.58 bits per heavy atom. The van der Waals surface area contributed by atoms with E-state index < -0.39 is 0 Å². The van der Waals surface area contributed by atoms with E-state index in [0.29, 0.717) is 0 Å². The third-order valence-electron chi connectivity index (χ3n) is 1.93. The molecule has 1 nitrogen and oxygen atoms in total. The van der Waals surface area contributed by atoms with Gasteiger partial charge in [0.15, 0.2) is 0 Å². The Balaban J connectivity index is 3.00. The molecule has 1 aromatic carbocycles. The molecule has 12 heavy (non-hydrogen) atoms. The topological polar surface area (TPSA) is 26.0 Å². The Morgan fingerprint density at radius 2 is 2.08 bits per heavy atom. The first-order chi connectivity index (χ1) is 5.63. The van der Waals surface area contributed by atoms with Crippen molar-refractivity contribution in [2.24, 2.45) is 5.73 Å². The fraction of sp³-hybridized carbons (Fsp3) is 0.400. The minimum Gasteiger partial charge on any atom is -0.324 e. The first kappa shape index (κ1) is 9.56. The van der Waals surface area contributed by atoms with Gasteiger partial charge in [-0.25, -0.2) is 0 Å². The van der Waals surface area contributed by atoms with Gasteiger partial charge in [-0.2, -0.15) is 0 Å². The summed E-state index contributed by atoms with van der Waals surface area (Å²) in [5.41, 5.74) is 8.17. The van der Waals surface area contributed by atoms with Gasteiger partial charge in [0.05, 0.1) is 0 Å². The van der Waals surface area contributed by atoms with Crippen molar-refractivity contribution in [1.29, 1.82) is 0 Å². The third-order valence-corrected chi connectivity index (χ3v) is 2.15. The Bertz CT molecular complexity index is 250. The number of aryl methyl sites for hydroxylation is 1. The first-order valence-corrected chi connectivity index (χ1v) is 4.54. The molecule has 2 heteroatoms. The van der Waals surface area contributed by atoms with Crippen LogP contribution in [-0.4, -0.2) is 0 Å². The van der Waals surface area contributed by atoms with Crippen molar-refractivity contribution in [2.75, 3.05) is 0 Å². The average molecular weight is 184 g/mol. The van der Waals surface area contributed by atoms with Crippen LogP contribution in [0.15, 0.2) is 18.2 Å². The van der Waals surface area contributed by atoms with Crippen LogP contribution in [0.5, 0.6) is 0 Å². The largest absolute Gasteiger partial charge is 0.324 e. The van der Waals surface area contributed by atoms with Crippen molar-refractivity contribution in [3.05, 3.63) is 34.3 Å². The molecule has 1 rings (SSSR count). The maximum absolute atomic E-state index is 5.90. The summed E-state index contributed by atoms with van der Waals surface area (Å²) in [5.74, 6) is 0. The predicted octanol–water partition coefficient (Wildman–Crippen LogP) is 3.06. The SMILES string of the molecule is CC[C@H](N)c1cc(C)cc(Cl)c1. The molecule has 0 fully saturated rings. The third kappa shape index (κ3) is 2.23. The number of nitrogens with two attached hydrogens (primary N) is 1. The molecule has 0 unspecified atom stereocenters. The summed E-state index contributed by atoms with van der Waals surface area (Å²) in [4.78, 5) is 0. The maximum atomic E-state index is 5.90. The molecule has 66 valence electrons. The van der Waals surface area contributed by atoms with Crippen molar-refractivity contribution in [2.45, 2.75) is 26.3 Å². The van der Waals surface area contributed by atoms with Crippen molar-refractivity contribution < 1.29 is 0 Å². The van der Waals surface area contributed by atoms with E-state index >= 15 is 0 Å². The molecule has 0 radical (unpaired) electrons. The van der Waals surface area contributed by atoms with Gasteiger partial charge in [0.2, 0.25) is 0 Å². The lowest BCUT2D eigenvalue weighted by Gasteiger charge is -2.10. The fourth-order valence-corrected chi connectivity index (χ4v) is 1.51. The van der Waals surface area contributed by atoms with Gasteiger partial charge in [0, 0.05) is 11.1 Å². The second kappa shape index (κ2) is 3.92. The van der Waals surface area contributed by atoms with E-state index in [-0.39, 0.29) is 6.04 Å². The molecule has 0 aliphatic heterocycles. The summed E-state index contributed by atoms with van der Waals surface area (Å²) in [6.45, 7) is 4.10. The highest BCUT2D eigenvalue weighted by atomic mass is 35.5. The van der Waals surface area contributed by atoms with Gasteiger partial charge in [0.25, 0.3) is 0 Å². The Labute approximate surface area is 78.5 Å². The number of benzene rings is 1. The fourth-order valence-electron chi connectivity index (χ4n) is 1.21. The molecule has 0 spiro atoms. The standard InChI is InChI=1S/C10H14ClN/c1-3-10(12)8-4-7(2)5-9(11)6-8/h4-6,10H,3,12H2,1-2H3/t10-/m0/s1. The van der Waals surface area contributed by atoms with Crippen LogP contribution < -0.4 is 5.73 Å². The monoisotopic (exact) mass is 183 g/mol. The van der Waals surface area contributed by atoms with Gasteiger partial charge >= 0.3 is 0 Å². The van der Waals surface area contributed by atoms with Gasteiger partial charge in [-0.15, -0.1) is 0 Å². The number of rotatable bonds is 2. The second-order valence-electron chi connectivity index (χ2n) is 3.08. The van der Waals surface area contributed by atoms with Crippen LogP contribution in [0.2, 0.25) is 5.02 Å². The Hall–Kier alpha value is -0.530. The van der Waals surface area contributed by atoms with Crippen LogP contribution in [0.1, 0.15) is 30.5 Å². The van der Waals surface area contributed by atoms with E-state index in [4.69, 9.17) is 17.3 Å². The van der Waals surface area contributed by atoms with E-state index in [0.717, 1.165) is 17.0 Å². The molecule has 2 N–H and O–H groups in total. The van der Waals surface area contributed by atoms with Gasteiger partial charge in [-0.05, 0) is 36.6 Å². The summed E-state index contributed by atoms with van der Waals surface area (Å²) < 4.78 is 0. The molecular formula is C10H14ClN. The average Bonchev–Trinajstić information content (AvgIpc) is 2.01. The predicted molar refractivity (Wildman–Crippen MR) is 53.4 cm³/mol. The van der Waals surface area contributed by atoms with Crippen molar-refractivity contribution in [1.82, 2.24) is 0 Å². The molecule has 0 saturated carbocycles. The highest BCUT2D eigenvalue weighted by molar-refractivity contribution is 6.30. The van der Waals surface area contributed by atoms with E-state index in [1.54, 1.807) is 0 Å². The van der Waals surface area contributed by atoms with Crippen LogP contribution in [0.4, 0.5) is 0 Å². The summed E-state index contributed by atoms with van der Waals surface area (Å²) in [7, 11) is 0. The minimum absolute atomic E-state index is 0.113. The second-order valence-corrected chi connectivity index (χ2v) is 3.51. The highest BCUT2D eigenvalue weighted by Crippen LogP contribution is 2.20. The molecule has 0 amide bonds. The smallest absolute Gasteiger partial charge is 0.0411 e. The highest BCUT2D eigenvalue weighted by Gasteiger charge is 2.03. The zero-order valence-electron chi connectivity index (χ0n) is 7.47. The summed E-state index contributed by atoms with van der Waals surface area (Å²) in [6.07, 6.45) is 0.944. The van der Waals surface area contributed by atoms with E-state index in [9.17, 15) is 0 Å². The van der Waals surface area contributed by atoms with Crippen molar-refractivity contribution in [3.63, 3.8) is 0 Å². The van der Waals surface area contributed by atoms with Crippen LogP contribution in [0.3, 0.4) is 0 Å². The molecular weight excluding hydrogens is 170 g/mol. The summed E-state index contributed by atoms with van der Waals surface area (Å²) in [5, 5.41) is 0.772.